The minimum Gasteiger partial charge on any atom is -0.324 e. The maximum absolute atomic E-state index is 4.67. The summed E-state index contributed by atoms with van der Waals surface area (Å²) in [5.74, 6) is 1.02. The smallest absolute Gasteiger partial charge is 0.141 e. The molecule has 1 unspecified atom stereocenters. The number of piperidine rings is 1. The SMILES string of the molecule is Cc1ccc(CN2CCCC(n3c(C)cnc3-c3cccnc3)C2)nc1. The monoisotopic (exact) mass is 347 g/mol. The predicted octanol–water partition coefficient (Wildman–Crippen LogP) is 3.79. The molecule has 134 valence electrons. The Balaban J connectivity index is 1.55. The summed E-state index contributed by atoms with van der Waals surface area (Å²) >= 11 is 0. The third-order valence-corrected chi connectivity index (χ3v) is 5.11. The van der Waals surface area contributed by atoms with Gasteiger partial charge in [0.2, 0.25) is 0 Å². The van der Waals surface area contributed by atoms with Gasteiger partial charge in [0, 0.05) is 55.2 Å². The quantitative estimate of drug-likeness (QED) is 0.720. The Morgan fingerprint density at radius 3 is 2.77 bits per heavy atom. The number of hydrogen-bond donors (Lipinski definition) is 0. The highest BCUT2D eigenvalue weighted by molar-refractivity contribution is 5.54. The van der Waals surface area contributed by atoms with E-state index >= 15 is 0 Å². The van der Waals surface area contributed by atoms with Crippen molar-refractivity contribution in [2.75, 3.05) is 13.1 Å². The van der Waals surface area contributed by atoms with Crippen molar-refractivity contribution in [3.05, 3.63) is 66.0 Å². The van der Waals surface area contributed by atoms with Crippen molar-refractivity contribution >= 4 is 0 Å². The van der Waals surface area contributed by atoms with Gasteiger partial charge in [-0.05, 0) is 57.0 Å². The highest BCUT2D eigenvalue weighted by Gasteiger charge is 2.25. The summed E-state index contributed by atoms with van der Waals surface area (Å²) in [5, 5.41) is 0. The first-order chi connectivity index (χ1) is 12.7. The lowest BCUT2D eigenvalue weighted by Crippen LogP contribution is -2.36. The van der Waals surface area contributed by atoms with Gasteiger partial charge in [0.1, 0.15) is 5.82 Å². The van der Waals surface area contributed by atoms with Gasteiger partial charge in [-0.15, -0.1) is 0 Å². The Kier molecular flexibility index (Phi) is 4.80. The van der Waals surface area contributed by atoms with Crippen molar-refractivity contribution in [1.29, 1.82) is 0 Å². The molecule has 1 atom stereocenters. The van der Waals surface area contributed by atoms with Gasteiger partial charge in [0.15, 0.2) is 0 Å². The number of nitrogens with zero attached hydrogens (tertiary/aromatic N) is 5. The molecular weight excluding hydrogens is 322 g/mol. The number of imidazole rings is 1. The summed E-state index contributed by atoms with van der Waals surface area (Å²) in [6.45, 7) is 7.29. The third-order valence-electron chi connectivity index (χ3n) is 5.11. The van der Waals surface area contributed by atoms with E-state index in [0.717, 1.165) is 36.7 Å². The second-order valence-corrected chi connectivity index (χ2v) is 7.19. The number of pyridine rings is 2. The normalized spacial score (nSPS) is 18.2. The zero-order valence-electron chi connectivity index (χ0n) is 15.5. The Morgan fingerprint density at radius 2 is 2.00 bits per heavy atom. The van der Waals surface area contributed by atoms with Crippen LogP contribution in [0.25, 0.3) is 11.4 Å². The van der Waals surface area contributed by atoms with Crippen molar-refractivity contribution in [2.45, 2.75) is 39.3 Å². The van der Waals surface area contributed by atoms with Crippen molar-refractivity contribution in [2.24, 2.45) is 0 Å². The largest absolute Gasteiger partial charge is 0.324 e. The first kappa shape index (κ1) is 16.9. The molecule has 0 saturated carbocycles. The number of aromatic nitrogens is 4. The molecule has 0 amide bonds. The summed E-state index contributed by atoms with van der Waals surface area (Å²) in [5.41, 5.74) is 4.65. The van der Waals surface area contributed by atoms with E-state index in [-0.39, 0.29) is 0 Å². The first-order valence-corrected chi connectivity index (χ1v) is 9.29. The van der Waals surface area contributed by atoms with Gasteiger partial charge in [-0.1, -0.05) is 6.07 Å². The van der Waals surface area contributed by atoms with Gasteiger partial charge in [-0.3, -0.25) is 14.9 Å². The van der Waals surface area contributed by atoms with E-state index in [4.69, 9.17) is 0 Å². The van der Waals surface area contributed by atoms with Gasteiger partial charge in [0.05, 0.1) is 5.69 Å². The second-order valence-electron chi connectivity index (χ2n) is 7.19. The van der Waals surface area contributed by atoms with Crippen LogP contribution >= 0.6 is 0 Å². The molecule has 0 radical (unpaired) electrons. The van der Waals surface area contributed by atoms with Crippen molar-refractivity contribution < 1.29 is 0 Å². The molecule has 3 aromatic rings. The molecular formula is C21H25N5. The van der Waals surface area contributed by atoms with Gasteiger partial charge in [-0.2, -0.15) is 0 Å². The minimum atomic E-state index is 0.437. The fraction of sp³-hybridized carbons (Fsp3) is 0.381. The maximum Gasteiger partial charge on any atom is 0.141 e. The van der Waals surface area contributed by atoms with Crippen molar-refractivity contribution in [3.63, 3.8) is 0 Å². The Bertz CT molecular complexity index is 854. The van der Waals surface area contributed by atoms with E-state index in [2.05, 4.69) is 56.5 Å². The third kappa shape index (κ3) is 3.53. The minimum absolute atomic E-state index is 0.437. The first-order valence-electron chi connectivity index (χ1n) is 9.29. The molecule has 3 aromatic heterocycles. The second kappa shape index (κ2) is 7.38. The summed E-state index contributed by atoms with van der Waals surface area (Å²) in [6, 6.07) is 8.78. The molecule has 0 N–H and O–H groups in total. The summed E-state index contributed by atoms with van der Waals surface area (Å²) in [7, 11) is 0. The van der Waals surface area contributed by atoms with Gasteiger partial charge in [-0.25, -0.2) is 4.98 Å². The van der Waals surface area contributed by atoms with E-state index in [1.165, 1.54) is 24.1 Å². The van der Waals surface area contributed by atoms with Crippen LogP contribution in [0.15, 0.2) is 49.1 Å². The zero-order valence-corrected chi connectivity index (χ0v) is 15.5. The van der Waals surface area contributed by atoms with Crippen LogP contribution in [0.2, 0.25) is 0 Å². The van der Waals surface area contributed by atoms with Gasteiger partial charge < -0.3 is 4.57 Å². The molecule has 1 saturated heterocycles. The lowest BCUT2D eigenvalue weighted by atomic mass is 10.0. The predicted molar refractivity (Wildman–Crippen MR) is 103 cm³/mol. The van der Waals surface area contributed by atoms with Crippen LogP contribution in [0.4, 0.5) is 0 Å². The van der Waals surface area contributed by atoms with Gasteiger partial charge >= 0.3 is 0 Å². The van der Waals surface area contributed by atoms with E-state index in [1.807, 2.05) is 24.7 Å². The number of rotatable bonds is 4. The van der Waals surface area contributed by atoms with Crippen molar-refractivity contribution in [1.82, 2.24) is 24.4 Å². The standard InChI is InChI=1S/C21H25N5/c1-16-7-8-19(23-11-16)14-25-10-4-6-20(15-25)26-17(2)12-24-21(26)18-5-3-9-22-13-18/h3,5,7-9,11-13,20H,4,6,10,14-15H2,1-2H3. The maximum atomic E-state index is 4.67. The zero-order chi connectivity index (χ0) is 17.9. The Labute approximate surface area is 154 Å². The summed E-state index contributed by atoms with van der Waals surface area (Å²) in [4.78, 5) is 16.0. The van der Waals surface area contributed by atoms with Crippen molar-refractivity contribution in [3.8, 4) is 11.4 Å². The number of likely N-dealkylation sites (tertiary alicyclic amines) is 1. The van der Waals surface area contributed by atoms with E-state index in [9.17, 15) is 0 Å². The topological polar surface area (TPSA) is 46.8 Å². The number of aryl methyl sites for hydroxylation is 2. The molecule has 1 aliphatic heterocycles. The lowest BCUT2D eigenvalue weighted by Gasteiger charge is -2.34. The highest BCUT2D eigenvalue weighted by Crippen LogP contribution is 2.29. The molecule has 4 heterocycles. The highest BCUT2D eigenvalue weighted by atomic mass is 15.2. The molecule has 4 rings (SSSR count). The Hall–Kier alpha value is -2.53. The lowest BCUT2D eigenvalue weighted by molar-refractivity contribution is 0.168. The average Bonchev–Trinajstić information content (AvgIpc) is 3.06. The van der Waals surface area contributed by atoms with Gasteiger partial charge in [0.25, 0.3) is 0 Å². The molecule has 0 bridgehead atoms. The van der Waals surface area contributed by atoms with E-state index < -0.39 is 0 Å². The average molecular weight is 347 g/mol. The van der Waals surface area contributed by atoms with Crippen LogP contribution in [-0.4, -0.2) is 37.5 Å². The fourth-order valence-electron chi connectivity index (χ4n) is 3.82. The molecule has 1 fully saturated rings. The van der Waals surface area contributed by atoms with Crippen LogP contribution < -0.4 is 0 Å². The van der Waals surface area contributed by atoms with E-state index in [1.54, 1.807) is 6.20 Å². The summed E-state index contributed by atoms with van der Waals surface area (Å²) in [6.07, 6.45) is 10.0. The summed E-state index contributed by atoms with van der Waals surface area (Å²) < 4.78 is 2.39. The molecule has 26 heavy (non-hydrogen) atoms. The van der Waals surface area contributed by atoms with Crippen LogP contribution in [0, 0.1) is 13.8 Å². The van der Waals surface area contributed by atoms with Crippen LogP contribution in [0.1, 0.15) is 35.8 Å². The molecule has 1 aliphatic rings. The fourth-order valence-corrected chi connectivity index (χ4v) is 3.82. The van der Waals surface area contributed by atoms with E-state index in [0.29, 0.717) is 6.04 Å². The van der Waals surface area contributed by atoms with Crippen LogP contribution in [0.3, 0.4) is 0 Å². The molecule has 0 aliphatic carbocycles. The Morgan fingerprint density at radius 1 is 1.08 bits per heavy atom. The van der Waals surface area contributed by atoms with Crippen LogP contribution in [-0.2, 0) is 6.54 Å². The molecule has 5 heteroatoms. The number of hydrogen-bond acceptors (Lipinski definition) is 4. The molecule has 5 nitrogen and oxygen atoms in total. The molecule has 0 spiro atoms. The van der Waals surface area contributed by atoms with Crippen LogP contribution in [0.5, 0.6) is 0 Å². The molecule has 0 aromatic carbocycles.